The Balaban J connectivity index is 2.10. The minimum Gasteiger partial charge on any atom is -0.490 e. The summed E-state index contributed by atoms with van der Waals surface area (Å²) in [5, 5.41) is 10.5. The van der Waals surface area contributed by atoms with Gasteiger partial charge in [-0.05, 0) is 50.3 Å². The van der Waals surface area contributed by atoms with E-state index in [4.69, 9.17) is 16.3 Å². The third-order valence-electron chi connectivity index (χ3n) is 4.03. The lowest BCUT2D eigenvalue weighted by Gasteiger charge is -2.30. The van der Waals surface area contributed by atoms with Crippen LogP contribution in [0.25, 0.3) is 0 Å². The van der Waals surface area contributed by atoms with E-state index in [1.807, 2.05) is 12.1 Å². The molecule has 0 spiro atoms. The first-order chi connectivity index (χ1) is 9.10. The summed E-state index contributed by atoms with van der Waals surface area (Å²) in [5.41, 5.74) is 0.783. The van der Waals surface area contributed by atoms with Gasteiger partial charge in [-0.1, -0.05) is 31.4 Å². The largest absolute Gasteiger partial charge is 0.490 e. The van der Waals surface area contributed by atoms with E-state index < -0.39 is 6.10 Å². The Morgan fingerprint density at radius 3 is 2.89 bits per heavy atom. The highest BCUT2D eigenvalue weighted by Gasteiger charge is 2.23. The van der Waals surface area contributed by atoms with Crippen LogP contribution in [0.2, 0.25) is 5.02 Å². The van der Waals surface area contributed by atoms with Gasteiger partial charge in [0.2, 0.25) is 0 Å². The van der Waals surface area contributed by atoms with Crippen LogP contribution >= 0.6 is 11.6 Å². The summed E-state index contributed by atoms with van der Waals surface area (Å²) < 4.78 is 6.12. The van der Waals surface area contributed by atoms with E-state index >= 15 is 0 Å². The summed E-state index contributed by atoms with van der Waals surface area (Å²) in [6.07, 6.45) is 5.73. The lowest BCUT2D eigenvalue weighted by atomic mass is 9.85. The van der Waals surface area contributed by atoms with Crippen LogP contribution in [0.1, 0.15) is 57.6 Å². The number of aliphatic hydroxyl groups excluding tert-OH is 1. The third-order valence-corrected chi connectivity index (χ3v) is 4.26. The van der Waals surface area contributed by atoms with Gasteiger partial charge in [0, 0.05) is 10.6 Å². The molecule has 106 valence electrons. The highest BCUT2D eigenvalue weighted by Crippen LogP contribution is 2.33. The molecule has 0 aliphatic heterocycles. The van der Waals surface area contributed by atoms with Gasteiger partial charge in [0.05, 0.1) is 12.2 Å². The fraction of sp³-hybridized carbons (Fsp3) is 0.625. The Morgan fingerprint density at radius 1 is 1.42 bits per heavy atom. The van der Waals surface area contributed by atoms with Crippen LogP contribution in [0.4, 0.5) is 0 Å². The molecule has 3 atom stereocenters. The van der Waals surface area contributed by atoms with Crippen molar-refractivity contribution >= 4 is 11.6 Å². The van der Waals surface area contributed by atoms with Crippen molar-refractivity contribution in [3.05, 3.63) is 28.8 Å². The van der Waals surface area contributed by atoms with E-state index in [2.05, 4.69) is 6.92 Å². The average molecular weight is 283 g/mol. The normalized spacial score (nSPS) is 25.1. The molecule has 1 saturated carbocycles. The Kier molecular flexibility index (Phi) is 5.12. The molecule has 2 rings (SSSR count). The van der Waals surface area contributed by atoms with Crippen molar-refractivity contribution in [1.29, 1.82) is 0 Å². The van der Waals surface area contributed by atoms with Gasteiger partial charge in [-0.25, -0.2) is 0 Å². The molecule has 0 heterocycles. The van der Waals surface area contributed by atoms with Gasteiger partial charge in [0.1, 0.15) is 5.75 Å². The second-order valence-corrected chi connectivity index (χ2v) is 5.98. The minimum absolute atomic E-state index is 0.275. The smallest absolute Gasteiger partial charge is 0.125 e. The molecule has 0 aromatic heterocycles. The summed E-state index contributed by atoms with van der Waals surface area (Å²) in [5.74, 6) is 1.56. The van der Waals surface area contributed by atoms with E-state index in [1.54, 1.807) is 13.0 Å². The molecule has 0 amide bonds. The summed E-state index contributed by atoms with van der Waals surface area (Å²) in [6, 6.07) is 5.49. The molecule has 1 aliphatic rings. The molecule has 0 bridgehead atoms. The van der Waals surface area contributed by atoms with Crippen molar-refractivity contribution in [3.8, 4) is 5.75 Å². The molecule has 19 heavy (non-hydrogen) atoms. The molecule has 1 aromatic carbocycles. The van der Waals surface area contributed by atoms with Crippen LogP contribution in [-0.4, -0.2) is 11.2 Å². The molecule has 3 unspecified atom stereocenters. The maximum atomic E-state index is 9.82. The van der Waals surface area contributed by atoms with E-state index in [9.17, 15) is 5.11 Å². The molecular formula is C16H23ClO2. The number of aliphatic hydroxyl groups is 1. The Bertz CT molecular complexity index is 417. The summed E-state index contributed by atoms with van der Waals surface area (Å²) >= 11 is 5.98. The molecule has 0 saturated heterocycles. The van der Waals surface area contributed by atoms with E-state index in [0.29, 0.717) is 5.02 Å². The third kappa shape index (κ3) is 3.87. The van der Waals surface area contributed by atoms with Crippen molar-refractivity contribution in [2.75, 3.05) is 0 Å². The molecule has 1 aromatic rings. The van der Waals surface area contributed by atoms with Crippen molar-refractivity contribution in [3.63, 3.8) is 0 Å². The quantitative estimate of drug-likeness (QED) is 0.864. The predicted molar refractivity (Wildman–Crippen MR) is 78.8 cm³/mol. The van der Waals surface area contributed by atoms with Crippen LogP contribution < -0.4 is 4.74 Å². The molecule has 1 N–H and O–H groups in total. The summed E-state index contributed by atoms with van der Waals surface area (Å²) in [4.78, 5) is 0. The molecule has 3 heteroatoms. The van der Waals surface area contributed by atoms with Crippen molar-refractivity contribution < 1.29 is 9.84 Å². The zero-order valence-corrected chi connectivity index (χ0v) is 12.5. The molecule has 2 nitrogen and oxygen atoms in total. The highest BCUT2D eigenvalue weighted by molar-refractivity contribution is 6.30. The van der Waals surface area contributed by atoms with Gasteiger partial charge in [-0.2, -0.15) is 0 Å². The van der Waals surface area contributed by atoms with Gasteiger partial charge in [0.15, 0.2) is 0 Å². The standard InChI is InChI=1S/C16H23ClO2/c1-3-12-5-4-6-14(9-12)19-16-8-7-13(17)10-15(16)11(2)18/h7-8,10-12,14,18H,3-6,9H2,1-2H3. The fourth-order valence-corrected chi connectivity index (χ4v) is 3.03. The Hall–Kier alpha value is -0.730. The number of ether oxygens (including phenoxy) is 1. The highest BCUT2D eigenvalue weighted by atomic mass is 35.5. The first-order valence-electron chi connectivity index (χ1n) is 7.24. The van der Waals surface area contributed by atoms with Gasteiger partial charge < -0.3 is 9.84 Å². The maximum absolute atomic E-state index is 9.82. The molecular weight excluding hydrogens is 260 g/mol. The van der Waals surface area contributed by atoms with Crippen molar-refractivity contribution in [1.82, 2.24) is 0 Å². The zero-order valence-electron chi connectivity index (χ0n) is 11.7. The number of halogens is 1. The summed E-state index contributed by atoms with van der Waals surface area (Å²) in [7, 11) is 0. The van der Waals surface area contributed by atoms with Gasteiger partial charge in [0.25, 0.3) is 0 Å². The molecule has 0 radical (unpaired) electrons. The predicted octanol–water partition coefficient (Wildman–Crippen LogP) is 4.74. The average Bonchev–Trinajstić information content (AvgIpc) is 2.41. The minimum atomic E-state index is -0.556. The van der Waals surface area contributed by atoms with Crippen LogP contribution in [-0.2, 0) is 0 Å². The SMILES string of the molecule is CCC1CCCC(Oc2ccc(Cl)cc2C(C)O)C1. The first kappa shape index (κ1) is 14.7. The maximum Gasteiger partial charge on any atom is 0.125 e. The lowest BCUT2D eigenvalue weighted by molar-refractivity contribution is 0.115. The number of benzene rings is 1. The van der Waals surface area contributed by atoms with E-state index in [-0.39, 0.29) is 6.10 Å². The van der Waals surface area contributed by atoms with Gasteiger partial charge in [-0.15, -0.1) is 0 Å². The van der Waals surface area contributed by atoms with Gasteiger partial charge >= 0.3 is 0 Å². The second kappa shape index (κ2) is 6.62. The van der Waals surface area contributed by atoms with Gasteiger partial charge in [-0.3, -0.25) is 0 Å². The van der Waals surface area contributed by atoms with Crippen LogP contribution in [0.15, 0.2) is 18.2 Å². The summed E-state index contributed by atoms with van der Waals surface area (Å²) in [6.45, 7) is 3.99. The van der Waals surface area contributed by atoms with Crippen LogP contribution in [0.5, 0.6) is 5.75 Å². The number of hydrogen-bond donors (Lipinski definition) is 1. The monoisotopic (exact) mass is 282 g/mol. The van der Waals surface area contributed by atoms with Crippen LogP contribution in [0.3, 0.4) is 0 Å². The number of rotatable bonds is 4. The van der Waals surface area contributed by atoms with E-state index in [0.717, 1.165) is 30.1 Å². The number of hydrogen-bond acceptors (Lipinski definition) is 2. The van der Waals surface area contributed by atoms with Crippen LogP contribution in [0, 0.1) is 5.92 Å². The van der Waals surface area contributed by atoms with Crippen molar-refractivity contribution in [2.24, 2.45) is 5.92 Å². The molecule has 1 aliphatic carbocycles. The van der Waals surface area contributed by atoms with Crippen molar-refractivity contribution in [2.45, 2.75) is 58.2 Å². The Morgan fingerprint density at radius 2 is 2.21 bits per heavy atom. The first-order valence-corrected chi connectivity index (χ1v) is 7.62. The molecule has 1 fully saturated rings. The topological polar surface area (TPSA) is 29.5 Å². The lowest BCUT2D eigenvalue weighted by Crippen LogP contribution is -2.25. The second-order valence-electron chi connectivity index (χ2n) is 5.54. The Labute approximate surface area is 120 Å². The zero-order chi connectivity index (χ0) is 13.8. The fourth-order valence-electron chi connectivity index (χ4n) is 2.85. The van der Waals surface area contributed by atoms with E-state index in [1.165, 1.54) is 19.3 Å².